The summed E-state index contributed by atoms with van der Waals surface area (Å²) in [4.78, 5) is 42.4. The third-order valence-corrected chi connectivity index (χ3v) is 6.24. The van der Waals surface area contributed by atoms with Crippen LogP contribution in [0.3, 0.4) is 0 Å². The number of ketones is 1. The fourth-order valence-electron chi connectivity index (χ4n) is 4.00. The number of fused-ring (bicyclic) bond motifs is 1. The summed E-state index contributed by atoms with van der Waals surface area (Å²) in [5.74, 6) is 1.20. The molecule has 0 radical (unpaired) electrons. The number of rotatable bonds is 4. The number of benzene rings is 1. The molecule has 1 amide bonds. The zero-order valence-electron chi connectivity index (χ0n) is 14.5. The Labute approximate surface area is 159 Å². The molecule has 2 aromatic heterocycles. The summed E-state index contributed by atoms with van der Waals surface area (Å²) >= 11 is 1.52. The van der Waals surface area contributed by atoms with E-state index in [1.165, 1.54) is 18.1 Å². The standard InChI is InChI=1S/C19H17N5O2S/c25-14-5-4-11-8-24(13-3-1-2-12(14)16(11)13)15(26)6-7-27-19-17-18(21-9-20-17)22-10-23-19/h1-3,9-11H,4-8H2,(H,20,21,22,23). The molecule has 1 unspecified atom stereocenters. The molecule has 7 nitrogen and oxygen atoms in total. The lowest BCUT2D eigenvalue weighted by atomic mass is 9.83. The van der Waals surface area contributed by atoms with Crippen molar-refractivity contribution in [2.75, 3.05) is 17.2 Å². The normalized spacial score (nSPS) is 18.1. The lowest BCUT2D eigenvalue weighted by molar-refractivity contribution is -0.118. The van der Waals surface area contributed by atoms with Crippen molar-refractivity contribution in [3.63, 3.8) is 0 Å². The quantitative estimate of drug-likeness (QED) is 0.553. The first-order valence-corrected chi connectivity index (χ1v) is 9.94. The van der Waals surface area contributed by atoms with Crippen molar-refractivity contribution in [2.24, 2.45) is 0 Å². The molecule has 3 aromatic rings. The van der Waals surface area contributed by atoms with Crippen LogP contribution in [0, 0.1) is 0 Å². The lowest BCUT2D eigenvalue weighted by Crippen LogP contribution is -2.30. The molecule has 2 aliphatic rings. The summed E-state index contributed by atoms with van der Waals surface area (Å²) in [6.45, 7) is 0.682. The van der Waals surface area contributed by atoms with Crippen molar-refractivity contribution in [2.45, 2.75) is 30.2 Å². The first-order chi connectivity index (χ1) is 13.2. The molecule has 0 saturated heterocycles. The van der Waals surface area contributed by atoms with Crippen LogP contribution in [0.4, 0.5) is 5.69 Å². The molecule has 0 saturated carbocycles. The van der Waals surface area contributed by atoms with E-state index in [0.29, 0.717) is 30.8 Å². The number of Topliss-reactive ketones (excluding diaryl/α,β-unsaturated/α-hetero) is 1. The Morgan fingerprint density at radius 3 is 3.15 bits per heavy atom. The predicted molar refractivity (Wildman–Crippen MR) is 102 cm³/mol. The summed E-state index contributed by atoms with van der Waals surface area (Å²) in [5, 5.41) is 0.802. The summed E-state index contributed by atoms with van der Waals surface area (Å²) in [7, 11) is 0. The van der Waals surface area contributed by atoms with Gasteiger partial charge in [0.15, 0.2) is 11.4 Å². The lowest BCUT2D eigenvalue weighted by Gasteiger charge is -2.18. The van der Waals surface area contributed by atoms with Gasteiger partial charge in [0.05, 0.1) is 6.33 Å². The van der Waals surface area contributed by atoms with Crippen LogP contribution >= 0.6 is 11.8 Å². The number of hydrogen-bond donors (Lipinski definition) is 1. The van der Waals surface area contributed by atoms with E-state index in [0.717, 1.165) is 33.8 Å². The van der Waals surface area contributed by atoms with Gasteiger partial charge in [0.2, 0.25) is 5.91 Å². The number of anilines is 1. The van der Waals surface area contributed by atoms with Crippen molar-refractivity contribution in [1.82, 2.24) is 19.9 Å². The zero-order chi connectivity index (χ0) is 18.4. The van der Waals surface area contributed by atoms with Gasteiger partial charge in [-0.1, -0.05) is 12.1 Å². The fourth-order valence-corrected chi connectivity index (χ4v) is 4.89. The summed E-state index contributed by atoms with van der Waals surface area (Å²) in [5.41, 5.74) is 4.22. The van der Waals surface area contributed by atoms with Crippen LogP contribution in [-0.2, 0) is 4.79 Å². The van der Waals surface area contributed by atoms with Crippen LogP contribution in [0.15, 0.2) is 35.9 Å². The molecule has 1 aliphatic carbocycles. The molecule has 0 spiro atoms. The Balaban J connectivity index is 1.30. The average Bonchev–Trinajstić information content (AvgIpc) is 3.31. The monoisotopic (exact) mass is 379 g/mol. The highest BCUT2D eigenvalue weighted by molar-refractivity contribution is 7.99. The smallest absolute Gasteiger partial charge is 0.227 e. The van der Waals surface area contributed by atoms with Crippen molar-refractivity contribution in [3.05, 3.63) is 42.0 Å². The van der Waals surface area contributed by atoms with Crippen molar-refractivity contribution in [3.8, 4) is 0 Å². The molecule has 1 N–H and O–H groups in total. The second kappa shape index (κ2) is 6.45. The minimum atomic E-state index is 0.0904. The number of H-pyrrole nitrogens is 1. The van der Waals surface area contributed by atoms with Crippen molar-refractivity contribution >= 4 is 40.3 Å². The van der Waals surface area contributed by atoms with E-state index in [1.807, 2.05) is 23.1 Å². The third kappa shape index (κ3) is 2.71. The third-order valence-electron chi connectivity index (χ3n) is 5.25. The van der Waals surface area contributed by atoms with Crippen LogP contribution in [0.5, 0.6) is 0 Å². The minimum Gasteiger partial charge on any atom is -0.341 e. The number of hydrogen-bond acceptors (Lipinski definition) is 6. The summed E-state index contributed by atoms with van der Waals surface area (Å²) in [6, 6.07) is 5.73. The van der Waals surface area contributed by atoms with E-state index >= 15 is 0 Å². The molecule has 1 aliphatic heterocycles. The highest BCUT2D eigenvalue weighted by Gasteiger charge is 2.37. The van der Waals surface area contributed by atoms with E-state index < -0.39 is 0 Å². The SMILES string of the molecule is O=C1CCC2CN(C(=O)CCSc3ncnc4nc[nH]c34)c3cccc1c32. The number of thioether (sulfide) groups is 1. The topological polar surface area (TPSA) is 91.8 Å². The molecule has 0 bridgehead atoms. The van der Waals surface area contributed by atoms with Gasteiger partial charge in [-0.3, -0.25) is 9.59 Å². The molecule has 0 fully saturated rings. The van der Waals surface area contributed by atoms with Gasteiger partial charge < -0.3 is 9.88 Å². The molecule has 27 heavy (non-hydrogen) atoms. The number of amides is 1. The van der Waals surface area contributed by atoms with E-state index in [1.54, 1.807) is 6.33 Å². The number of aromatic amines is 1. The number of aromatic nitrogens is 4. The molecule has 136 valence electrons. The van der Waals surface area contributed by atoms with Gasteiger partial charge >= 0.3 is 0 Å². The molecule has 1 aromatic carbocycles. The van der Waals surface area contributed by atoms with Crippen LogP contribution in [-0.4, -0.2) is 43.9 Å². The van der Waals surface area contributed by atoms with Crippen molar-refractivity contribution < 1.29 is 9.59 Å². The van der Waals surface area contributed by atoms with Gasteiger partial charge in [-0.2, -0.15) is 0 Å². The fraction of sp³-hybridized carbons (Fsp3) is 0.316. The Hall–Kier alpha value is -2.74. The first kappa shape index (κ1) is 16.4. The number of nitrogens with zero attached hydrogens (tertiary/aromatic N) is 4. The Morgan fingerprint density at radius 1 is 1.30 bits per heavy atom. The van der Waals surface area contributed by atoms with Crippen LogP contribution in [0.2, 0.25) is 0 Å². The maximum atomic E-state index is 12.9. The Morgan fingerprint density at radius 2 is 2.22 bits per heavy atom. The van der Waals surface area contributed by atoms with E-state index in [4.69, 9.17) is 0 Å². The van der Waals surface area contributed by atoms with E-state index in [9.17, 15) is 9.59 Å². The molecular formula is C19H17N5O2S. The predicted octanol–water partition coefficient (Wildman–Crippen LogP) is 2.94. The number of nitrogens with one attached hydrogen (secondary N) is 1. The molecule has 5 rings (SSSR count). The molecule has 8 heteroatoms. The molecular weight excluding hydrogens is 362 g/mol. The second-order valence-electron chi connectivity index (χ2n) is 6.78. The van der Waals surface area contributed by atoms with Crippen molar-refractivity contribution in [1.29, 1.82) is 0 Å². The zero-order valence-corrected chi connectivity index (χ0v) is 15.3. The molecule has 1 atom stereocenters. The largest absolute Gasteiger partial charge is 0.341 e. The van der Waals surface area contributed by atoms with Gasteiger partial charge in [-0.25, -0.2) is 15.0 Å². The van der Waals surface area contributed by atoms with Gasteiger partial charge in [0.1, 0.15) is 16.9 Å². The Bertz CT molecular complexity index is 1060. The van der Waals surface area contributed by atoms with Crippen LogP contribution in [0.25, 0.3) is 11.2 Å². The van der Waals surface area contributed by atoms with E-state index in [2.05, 4.69) is 19.9 Å². The number of carbonyl (C=O) groups excluding carboxylic acids is 2. The minimum absolute atomic E-state index is 0.0904. The van der Waals surface area contributed by atoms with Gasteiger partial charge in [-0.15, -0.1) is 11.8 Å². The maximum Gasteiger partial charge on any atom is 0.227 e. The maximum absolute atomic E-state index is 12.9. The highest BCUT2D eigenvalue weighted by Crippen LogP contribution is 2.44. The van der Waals surface area contributed by atoms with Crippen LogP contribution < -0.4 is 4.90 Å². The Kier molecular flexibility index (Phi) is 3.93. The summed E-state index contributed by atoms with van der Waals surface area (Å²) < 4.78 is 0. The van der Waals surface area contributed by atoms with Crippen LogP contribution in [0.1, 0.15) is 41.1 Å². The first-order valence-electron chi connectivity index (χ1n) is 8.95. The average molecular weight is 379 g/mol. The second-order valence-corrected chi connectivity index (χ2v) is 7.86. The molecule has 3 heterocycles. The van der Waals surface area contributed by atoms with Gasteiger partial charge in [-0.05, 0) is 18.1 Å². The number of carbonyl (C=O) groups is 2. The highest BCUT2D eigenvalue weighted by atomic mass is 32.2. The summed E-state index contributed by atoms with van der Waals surface area (Å²) in [6.07, 6.45) is 4.90. The van der Waals surface area contributed by atoms with E-state index in [-0.39, 0.29) is 17.6 Å². The van der Waals surface area contributed by atoms with Gasteiger partial charge in [0.25, 0.3) is 0 Å². The van der Waals surface area contributed by atoms with Gasteiger partial charge in [0, 0.05) is 42.3 Å². The number of imidazole rings is 1.